The van der Waals surface area contributed by atoms with Gasteiger partial charge >= 0.3 is 0 Å². The zero-order valence-electron chi connectivity index (χ0n) is 21.1. The number of hydrogen-bond donors (Lipinski definition) is 0. The zero-order valence-corrected chi connectivity index (χ0v) is 21.1. The fourth-order valence-corrected chi connectivity index (χ4v) is 8.79. The molecule has 4 aliphatic rings. The van der Waals surface area contributed by atoms with E-state index in [4.69, 9.17) is 0 Å². The summed E-state index contributed by atoms with van der Waals surface area (Å²) in [6.07, 6.45) is 8.82. The van der Waals surface area contributed by atoms with E-state index in [1.807, 2.05) is 0 Å². The van der Waals surface area contributed by atoms with Crippen molar-refractivity contribution in [3.63, 3.8) is 0 Å². The molecule has 4 saturated carbocycles. The molecule has 4 aliphatic carbocycles. The number of aromatic nitrogens is 1. The lowest BCUT2D eigenvalue weighted by Crippen LogP contribution is -2.48. The summed E-state index contributed by atoms with van der Waals surface area (Å²) in [6, 6.07) is 34.2. The second-order valence-corrected chi connectivity index (χ2v) is 12.2. The molecule has 36 heavy (non-hydrogen) atoms. The summed E-state index contributed by atoms with van der Waals surface area (Å²) in [6.45, 7) is 2.27. The Labute approximate surface area is 213 Å². The van der Waals surface area contributed by atoms with Crippen LogP contribution in [0.2, 0.25) is 0 Å². The first-order valence-corrected chi connectivity index (χ1v) is 13.9. The van der Waals surface area contributed by atoms with Crippen molar-refractivity contribution in [3.8, 4) is 16.8 Å². The Hall–Kier alpha value is -3.32. The van der Waals surface area contributed by atoms with Crippen molar-refractivity contribution >= 4 is 21.8 Å². The highest BCUT2D eigenvalue weighted by Crippen LogP contribution is 2.60. The number of nitrogens with zero attached hydrogens (tertiary/aromatic N) is 1. The first-order valence-electron chi connectivity index (χ1n) is 13.9. The van der Waals surface area contributed by atoms with Gasteiger partial charge < -0.3 is 4.57 Å². The van der Waals surface area contributed by atoms with E-state index in [0.717, 1.165) is 17.8 Å². The number of aryl methyl sites for hydroxylation is 1. The molecule has 0 amide bonds. The normalized spacial score (nSPS) is 26.8. The van der Waals surface area contributed by atoms with E-state index >= 15 is 0 Å². The average Bonchev–Trinajstić information content (AvgIpc) is 3.24. The lowest BCUT2D eigenvalue weighted by molar-refractivity contribution is -0.00518. The van der Waals surface area contributed by atoms with E-state index in [-0.39, 0.29) is 0 Å². The van der Waals surface area contributed by atoms with Gasteiger partial charge in [0.25, 0.3) is 0 Å². The van der Waals surface area contributed by atoms with Crippen LogP contribution in [0.5, 0.6) is 0 Å². The van der Waals surface area contributed by atoms with Crippen LogP contribution in [-0.4, -0.2) is 4.57 Å². The number of para-hydroxylation sites is 2. The van der Waals surface area contributed by atoms with Gasteiger partial charge in [-0.05, 0) is 121 Å². The smallest absolute Gasteiger partial charge is 0.0570 e. The molecule has 0 unspecified atom stereocenters. The molecule has 0 spiro atoms. The first-order chi connectivity index (χ1) is 17.7. The van der Waals surface area contributed by atoms with Crippen molar-refractivity contribution < 1.29 is 0 Å². The van der Waals surface area contributed by atoms with Gasteiger partial charge in [-0.3, -0.25) is 0 Å². The Kier molecular flexibility index (Phi) is 4.39. The van der Waals surface area contributed by atoms with Crippen LogP contribution < -0.4 is 0 Å². The van der Waals surface area contributed by atoms with E-state index in [9.17, 15) is 0 Å². The van der Waals surface area contributed by atoms with E-state index in [2.05, 4.69) is 102 Å². The van der Waals surface area contributed by atoms with E-state index < -0.39 is 0 Å². The second-order valence-electron chi connectivity index (χ2n) is 12.2. The SMILES string of the molecule is Cc1cc(-c2ccc(C34CC5CC(CC(C5)C3)C4)cc2)cc2c3ccccc3n(-c3ccccc3)c12. The molecule has 1 nitrogen and oxygen atoms in total. The summed E-state index contributed by atoms with van der Waals surface area (Å²) < 4.78 is 2.43. The molecule has 0 N–H and O–H groups in total. The Morgan fingerprint density at radius 3 is 1.97 bits per heavy atom. The van der Waals surface area contributed by atoms with Gasteiger partial charge in [-0.25, -0.2) is 0 Å². The summed E-state index contributed by atoms with van der Waals surface area (Å²) in [4.78, 5) is 0. The van der Waals surface area contributed by atoms with Crippen LogP contribution in [-0.2, 0) is 5.41 Å². The lowest BCUT2D eigenvalue weighted by atomic mass is 9.48. The van der Waals surface area contributed by atoms with Crippen LogP contribution in [0.4, 0.5) is 0 Å². The van der Waals surface area contributed by atoms with Crippen LogP contribution in [0.1, 0.15) is 49.7 Å². The molecule has 1 heteroatoms. The average molecular weight is 468 g/mol. The lowest BCUT2D eigenvalue weighted by Gasteiger charge is -2.57. The van der Waals surface area contributed by atoms with Crippen molar-refractivity contribution in [1.29, 1.82) is 0 Å². The topological polar surface area (TPSA) is 4.93 Å². The molecule has 1 aromatic heterocycles. The molecule has 5 aromatic rings. The van der Waals surface area contributed by atoms with Crippen LogP contribution in [0.25, 0.3) is 38.6 Å². The van der Waals surface area contributed by atoms with Crippen molar-refractivity contribution in [2.45, 2.75) is 50.9 Å². The summed E-state index contributed by atoms with van der Waals surface area (Å²) in [5, 5.41) is 2.67. The zero-order chi connectivity index (χ0) is 23.9. The van der Waals surface area contributed by atoms with E-state index in [1.54, 1.807) is 5.56 Å². The minimum atomic E-state index is 0.469. The van der Waals surface area contributed by atoms with Gasteiger partial charge in [0, 0.05) is 16.5 Å². The fourth-order valence-electron chi connectivity index (χ4n) is 8.79. The van der Waals surface area contributed by atoms with Crippen molar-refractivity contribution in [1.82, 2.24) is 4.57 Å². The highest BCUT2D eigenvalue weighted by atomic mass is 15.0. The molecule has 4 fully saturated rings. The van der Waals surface area contributed by atoms with Crippen molar-refractivity contribution in [3.05, 3.63) is 102 Å². The summed E-state index contributed by atoms with van der Waals surface area (Å²) in [5.41, 5.74) is 9.89. The molecule has 1 heterocycles. The van der Waals surface area contributed by atoms with Crippen molar-refractivity contribution in [2.75, 3.05) is 0 Å². The number of hydrogen-bond acceptors (Lipinski definition) is 0. The highest BCUT2D eigenvalue weighted by molar-refractivity contribution is 6.11. The second kappa shape index (κ2) is 7.59. The summed E-state index contributed by atoms with van der Waals surface area (Å²) in [5.74, 6) is 2.97. The van der Waals surface area contributed by atoms with Gasteiger partial charge in [-0.2, -0.15) is 0 Å². The Morgan fingerprint density at radius 1 is 0.639 bits per heavy atom. The van der Waals surface area contributed by atoms with Crippen LogP contribution >= 0.6 is 0 Å². The van der Waals surface area contributed by atoms with Crippen LogP contribution in [0.3, 0.4) is 0 Å². The van der Waals surface area contributed by atoms with E-state index in [1.165, 1.54) is 82.7 Å². The minimum absolute atomic E-state index is 0.469. The number of rotatable bonds is 3. The predicted molar refractivity (Wildman–Crippen MR) is 151 cm³/mol. The number of fused-ring (bicyclic) bond motifs is 3. The third kappa shape index (κ3) is 3.01. The van der Waals surface area contributed by atoms with Gasteiger partial charge in [0.15, 0.2) is 0 Å². The third-order valence-electron chi connectivity index (χ3n) is 9.84. The Morgan fingerprint density at radius 2 is 1.28 bits per heavy atom. The molecule has 0 saturated heterocycles. The Balaban J connectivity index is 1.24. The van der Waals surface area contributed by atoms with Gasteiger partial charge in [0.2, 0.25) is 0 Å². The molecule has 0 aliphatic heterocycles. The summed E-state index contributed by atoms with van der Waals surface area (Å²) >= 11 is 0. The molecule has 4 bridgehead atoms. The molecule has 9 rings (SSSR count). The monoisotopic (exact) mass is 467 g/mol. The van der Waals surface area contributed by atoms with E-state index in [0.29, 0.717) is 5.41 Å². The standard InChI is InChI=1S/C35H33N/c1-23-15-28(19-32-31-9-5-6-10-33(31)36(34(23)32)30-7-3-2-4-8-30)27-11-13-29(14-12-27)35-20-24-16-25(21-35)18-26(17-24)22-35/h2-15,19,24-26H,16-18,20-22H2,1H3. The maximum Gasteiger partial charge on any atom is 0.0570 e. The van der Waals surface area contributed by atoms with Gasteiger partial charge in [0.1, 0.15) is 0 Å². The van der Waals surface area contributed by atoms with Gasteiger partial charge in [-0.15, -0.1) is 0 Å². The molecular formula is C35H33N. The van der Waals surface area contributed by atoms with Gasteiger partial charge in [0.05, 0.1) is 11.0 Å². The maximum atomic E-state index is 2.48. The van der Waals surface area contributed by atoms with Crippen LogP contribution in [0, 0.1) is 24.7 Å². The quantitative estimate of drug-likeness (QED) is 0.249. The summed E-state index contributed by atoms with van der Waals surface area (Å²) in [7, 11) is 0. The van der Waals surface area contributed by atoms with Crippen molar-refractivity contribution in [2.24, 2.45) is 17.8 Å². The first kappa shape index (κ1) is 20.8. The minimum Gasteiger partial charge on any atom is -0.309 e. The van der Waals surface area contributed by atoms with Crippen LogP contribution in [0.15, 0.2) is 91.0 Å². The molecule has 178 valence electrons. The number of benzene rings is 4. The molecule has 4 aromatic carbocycles. The third-order valence-corrected chi connectivity index (χ3v) is 9.84. The predicted octanol–water partition coefficient (Wildman–Crippen LogP) is 9.23. The largest absolute Gasteiger partial charge is 0.309 e. The molecule has 0 atom stereocenters. The molecular weight excluding hydrogens is 434 g/mol. The Bertz CT molecular complexity index is 1570. The maximum absolute atomic E-state index is 2.48. The molecule has 0 radical (unpaired) electrons. The van der Waals surface area contributed by atoms with Gasteiger partial charge in [-0.1, -0.05) is 60.7 Å². The highest BCUT2D eigenvalue weighted by Gasteiger charge is 2.51. The fraction of sp³-hybridized carbons (Fsp3) is 0.314.